The highest BCUT2D eigenvalue weighted by molar-refractivity contribution is 5.96. The molecule has 0 unspecified atom stereocenters. The summed E-state index contributed by atoms with van der Waals surface area (Å²) in [7, 11) is 1.60. The number of aryl methyl sites for hydroxylation is 2. The number of hydrogen-bond donors (Lipinski definition) is 2. The zero-order valence-electron chi connectivity index (χ0n) is 17.1. The second kappa shape index (κ2) is 10.7. The molecule has 0 aliphatic carbocycles. The van der Waals surface area contributed by atoms with Gasteiger partial charge in [-0.15, -0.1) is 0 Å². The zero-order chi connectivity index (χ0) is 23.8. The lowest BCUT2D eigenvalue weighted by Gasteiger charge is -2.05. The van der Waals surface area contributed by atoms with Crippen LogP contribution in [0.1, 0.15) is 21.7 Å². The van der Waals surface area contributed by atoms with Gasteiger partial charge in [-0.2, -0.15) is 0 Å². The Kier molecular flexibility index (Phi) is 8.04. The summed E-state index contributed by atoms with van der Waals surface area (Å²) < 4.78 is 28.5. The average molecular weight is 447 g/mol. The summed E-state index contributed by atoms with van der Waals surface area (Å²) in [5, 5.41) is 10.1. The SMILES string of the molecule is Cc1cc(Cn2c(=O)ccn(C)c2=O)ncn1.O=C(O)CNC(=O)c1c(F)cccc1F. The quantitative estimate of drug-likeness (QED) is 0.580. The van der Waals surface area contributed by atoms with E-state index in [2.05, 4.69) is 9.97 Å². The standard InChI is InChI=1S/C11H12N4O2.C9H7F2NO3/c1-8-5-9(13-7-12-8)6-15-10(16)3-4-14(2)11(15)17;10-5-2-1-3-6(11)8(5)9(15)12-4-7(13)14/h3-5,7H,6H2,1-2H3;1-3H,4H2,(H,12,15)(H,13,14). The first-order valence-corrected chi connectivity index (χ1v) is 9.08. The molecule has 168 valence electrons. The lowest BCUT2D eigenvalue weighted by Crippen LogP contribution is -2.38. The predicted octanol–water partition coefficient (Wildman–Crippen LogP) is 0.473. The van der Waals surface area contributed by atoms with Crippen LogP contribution in [-0.2, 0) is 18.4 Å². The normalized spacial score (nSPS) is 10.1. The second-order valence-corrected chi connectivity index (χ2v) is 6.46. The molecule has 2 N–H and O–H groups in total. The summed E-state index contributed by atoms with van der Waals surface area (Å²) in [5.41, 5.74) is -0.0180. The van der Waals surface area contributed by atoms with Gasteiger partial charge in [0.1, 0.15) is 30.1 Å². The van der Waals surface area contributed by atoms with E-state index in [0.717, 1.165) is 28.5 Å². The Morgan fingerprint density at radius 3 is 2.38 bits per heavy atom. The fraction of sp³-hybridized carbons (Fsp3) is 0.200. The molecule has 0 saturated heterocycles. The first-order valence-electron chi connectivity index (χ1n) is 9.08. The van der Waals surface area contributed by atoms with E-state index in [4.69, 9.17) is 5.11 Å². The first-order chi connectivity index (χ1) is 15.1. The minimum Gasteiger partial charge on any atom is -0.480 e. The molecule has 32 heavy (non-hydrogen) atoms. The topological polar surface area (TPSA) is 136 Å². The van der Waals surface area contributed by atoms with Crippen LogP contribution in [0.15, 0.2) is 52.4 Å². The van der Waals surface area contributed by atoms with E-state index in [1.807, 2.05) is 12.2 Å². The third-order valence-electron chi connectivity index (χ3n) is 4.01. The third kappa shape index (κ3) is 6.39. The molecule has 2 aromatic heterocycles. The number of rotatable bonds is 5. The minimum absolute atomic E-state index is 0.162. The maximum atomic E-state index is 13.0. The average Bonchev–Trinajstić information content (AvgIpc) is 2.73. The highest BCUT2D eigenvalue weighted by atomic mass is 19.1. The highest BCUT2D eigenvalue weighted by Crippen LogP contribution is 2.11. The number of amides is 1. The van der Waals surface area contributed by atoms with Gasteiger partial charge in [0.2, 0.25) is 0 Å². The lowest BCUT2D eigenvalue weighted by atomic mass is 10.2. The first kappa shape index (κ1) is 24.1. The van der Waals surface area contributed by atoms with Crippen molar-refractivity contribution in [3.05, 3.63) is 92.3 Å². The molecule has 1 aromatic carbocycles. The molecular weight excluding hydrogens is 428 g/mol. The zero-order valence-corrected chi connectivity index (χ0v) is 17.1. The van der Waals surface area contributed by atoms with Crippen molar-refractivity contribution < 1.29 is 23.5 Å². The van der Waals surface area contributed by atoms with Crippen LogP contribution in [0.5, 0.6) is 0 Å². The van der Waals surface area contributed by atoms with Crippen LogP contribution in [0.3, 0.4) is 0 Å². The number of aliphatic carboxylic acids is 1. The van der Waals surface area contributed by atoms with Gasteiger partial charge in [0, 0.05) is 25.0 Å². The number of carboxylic acids is 1. The van der Waals surface area contributed by atoms with Gasteiger partial charge in [0.25, 0.3) is 11.5 Å². The summed E-state index contributed by atoms with van der Waals surface area (Å²) in [6, 6.07) is 6.05. The van der Waals surface area contributed by atoms with E-state index < -0.39 is 35.6 Å². The Labute approximate surface area is 179 Å². The Bertz CT molecular complexity index is 1240. The van der Waals surface area contributed by atoms with Crippen LogP contribution in [-0.4, -0.2) is 42.6 Å². The van der Waals surface area contributed by atoms with E-state index >= 15 is 0 Å². The van der Waals surface area contributed by atoms with Crippen LogP contribution in [0.2, 0.25) is 0 Å². The lowest BCUT2D eigenvalue weighted by molar-refractivity contribution is -0.135. The molecular formula is C20H19F2N5O5. The molecule has 10 nitrogen and oxygen atoms in total. The minimum atomic E-state index is -1.29. The molecule has 0 fully saturated rings. The molecule has 3 rings (SSSR count). The highest BCUT2D eigenvalue weighted by Gasteiger charge is 2.17. The van der Waals surface area contributed by atoms with Crippen LogP contribution < -0.4 is 16.6 Å². The van der Waals surface area contributed by atoms with Gasteiger partial charge in [0.05, 0.1) is 12.2 Å². The summed E-state index contributed by atoms with van der Waals surface area (Å²) in [6.45, 7) is 1.30. The molecule has 0 aliphatic heterocycles. The summed E-state index contributed by atoms with van der Waals surface area (Å²) in [6.07, 6.45) is 2.87. The summed E-state index contributed by atoms with van der Waals surface area (Å²) in [5.74, 6) is -4.44. The van der Waals surface area contributed by atoms with Crippen LogP contribution in [0.4, 0.5) is 8.78 Å². The summed E-state index contributed by atoms with van der Waals surface area (Å²) in [4.78, 5) is 52.6. The van der Waals surface area contributed by atoms with Crippen molar-refractivity contribution in [1.82, 2.24) is 24.4 Å². The van der Waals surface area contributed by atoms with Gasteiger partial charge < -0.3 is 15.0 Å². The van der Waals surface area contributed by atoms with E-state index in [0.29, 0.717) is 5.69 Å². The van der Waals surface area contributed by atoms with Gasteiger partial charge >= 0.3 is 11.7 Å². The molecule has 2 heterocycles. The van der Waals surface area contributed by atoms with Crippen molar-refractivity contribution >= 4 is 11.9 Å². The largest absolute Gasteiger partial charge is 0.480 e. The molecule has 3 aromatic rings. The fourth-order valence-corrected chi connectivity index (χ4v) is 2.48. The number of aromatic nitrogens is 4. The number of benzene rings is 1. The van der Waals surface area contributed by atoms with E-state index in [1.165, 1.54) is 23.2 Å². The monoisotopic (exact) mass is 447 g/mol. The van der Waals surface area contributed by atoms with Crippen molar-refractivity contribution in [2.24, 2.45) is 7.05 Å². The number of carboxylic acid groups (broad SMARTS) is 1. The Hall–Kier alpha value is -4.22. The van der Waals surface area contributed by atoms with E-state index in [9.17, 15) is 28.0 Å². The molecule has 0 atom stereocenters. The predicted molar refractivity (Wildman–Crippen MR) is 108 cm³/mol. The molecule has 0 bridgehead atoms. The number of nitrogens with zero attached hydrogens (tertiary/aromatic N) is 4. The van der Waals surface area contributed by atoms with Gasteiger partial charge in [-0.3, -0.25) is 19.0 Å². The van der Waals surface area contributed by atoms with Gasteiger partial charge in [-0.05, 0) is 25.1 Å². The molecule has 1 amide bonds. The number of carbonyl (C=O) groups is 2. The van der Waals surface area contributed by atoms with Gasteiger partial charge in [-0.1, -0.05) is 6.07 Å². The number of carbonyl (C=O) groups excluding carboxylic acids is 1. The Balaban J connectivity index is 0.000000229. The molecule has 0 spiro atoms. The number of hydrogen-bond acceptors (Lipinski definition) is 6. The van der Waals surface area contributed by atoms with Gasteiger partial charge in [-0.25, -0.2) is 23.5 Å². The van der Waals surface area contributed by atoms with E-state index in [-0.39, 0.29) is 17.8 Å². The third-order valence-corrected chi connectivity index (χ3v) is 4.01. The second-order valence-electron chi connectivity index (χ2n) is 6.46. The fourth-order valence-electron chi connectivity index (χ4n) is 2.48. The summed E-state index contributed by atoms with van der Waals surface area (Å²) >= 11 is 0. The maximum absolute atomic E-state index is 13.0. The van der Waals surface area contributed by atoms with Crippen molar-refractivity contribution in [1.29, 1.82) is 0 Å². The molecule has 0 radical (unpaired) electrons. The van der Waals surface area contributed by atoms with Crippen LogP contribution >= 0.6 is 0 Å². The van der Waals surface area contributed by atoms with Crippen LogP contribution in [0.25, 0.3) is 0 Å². The number of nitrogens with one attached hydrogen (secondary N) is 1. The Morgan fingerprint density at radius 1 is 1.12 bits per heavy atom. The van der Waals surface area contributed by atoms with Crippen molar-refractivity contribution in [3.8, 4) is 0 Å². The molecule has 0 saturated carbocycles. The smallest absolute Gasteiger partial charge is 0.331 e. The van der Waals surface area contributed by atoms with Crippen molar-refractivity contribution in [3.63, 3.8) is 0 Å². The maximum Gasteiger partial charge on any atom is 0.331 e. The number of halogens is 2. The Morgan fingerprint density at radius 2 is 1.78 bits per heavy atom. The molecule has 0 aliphatic rings. The van der Waals surface area contributed by atoms with Crippen molar-refractivity contribution in [2.75, 3.05) is 6.54 Å². The molecule has 12 heteroatoms. The van der Waals surface area contributed by atoms with E-state index in [1.54, 1.807) is 13.1 Å². The van der Waals surface area contributed by atoms with Gasteiger partial charge in [0.15, 0.2) is 0 Å². The van der Waals surface area contributed by atoms with Crippen LogP contribution in [0, 0.1) is 18.6 Å². The van der Waals surface area contributed by atoms with Crippen molar-refractivity contribution in [2.45, 2.75) is 13.5 Å².